The van der Waals surface area contributed by atoms with E-state index in [1.807, 2.05) is 0 Å². The minimum Gasteiger partial charge on any atom is -0.390 e. The highest BCUT2D eigenvalue weighted by Crippen LogP contribution is 2.44. The number of carbonyl (C=O) groups excluding carboxylic acids is 2. The Labute approximate surface area is 178 Å². The second kappa shape index (κ2) is 8.06. The predicted octanol–water partition coefficient (Wildman–Crippen LogP) is 4.90. The first-order valence-corrected chi connectivity index (χ1v) is 9.96. The van der Waals surface area contributed by atoms with E-state index in [-0.39, 0.29) is 12.8 Å². The summed E-state index contributed by atoms with van der Waals surface area (Å²) in [5.74, 6) is -2.15. The molecule has 0 aromatic rings. The lowest BCUT2D eigenvalue weighted by Gasteiger charge is -2.31. The third-order valence-electron chi connectivity index (χ3n) is 4.67. The summed E-state index contributed by atoms with van der Waals surface area (Å²) in [5.41, 5.74) is -1.14. The maximum Gasteiger partial charge on any atom is 0.237 e. The van der Waals surface area contributed by atoms with Gasteiger partial charge in [-0.2, -0.15) is 0 Å². The molecule has 0 radical (unpaired) electrons. The van der Waals surface area contributed by atoms with Crippen molar-refractivity contribution >= 4 is 81.4 Å². The second-order valence-corrected chi connectivity index (χ2v) is 11.9. The van der Waals surface area contributed by atoms with Gasteiger partial charge in [-0.1, -0.05) is 83.5 Å². The number of halogens is 6. The highest BCUT2D eigenvalue weighted by Gasteiger charge is 2.56. The Morgan fingerprint density at radius 1 is 1.12 bits per heavy atom. The molecule has 0 unspecified atom stereocenters. The molecule has 146 valence electrons. The summed E-state index contributed by atoms with van der Waals surface area (Å²) in [6.45, 7) is 6.39. The van der Waals surface area contributed by atoms with Crippen LogP contribution in [-0.2, 0) is 9.59 Å². The monoisotopic (exact) mass is 473 g/mol. The van der Waals surface area contributed by atoms with Crippen LogP contribution in [0.5, 0.6) is 0 Å². The molecule has 1 saturated heterocycles. The smallest absolute Gasteiger partial charge is 0.237 e. The molecule has 0 spiro atoms. The van der Waals surface area contributed by atoms with Crippen molar-refractivity contribution in [2.45, 2.75) is 60.3 Å². The van der Waals surface area contributed by atoms with Crippen LogP contribution >= 0.6 is 69.6 Å². The number of aliphatic hydroxyl groups is 1. The Morgan fingerprint density at radius 2 is 1.56 bits per heavy atom. The Morgan fingerprint density at radius 3 is 1.96 bits per heavy atom. The molecule has 1 N–H and O–H groups in total. The molecule has 0 saturated carbocycles. The van der Waals surface area contributed by atoms with Gasteiger partial charge in [-0.15, -0.1) is 0 Å². The molecule has 0 bridgehead atoms. The first-order chi connectivity index (χ1) is 11.0. The van der Waals surface area contributed by atoms with Gasteiger partial charge in [0.05, 0.1) is 17.6 Å². The van der Waals surface area contributed by atoms with E-state index in [1.165, 1.54) is 0 Å². The Bertz CT molecular complexity index is 528. The van der Waals surface area contributed by atoms with Crippen molar-refractivity contribution in [3.05, 3.63) is 0 Å². The second-order valence-electron chi connectivity index (χ2n) is 7.13. The molecular formula is C15H21Cl6NO3. The third-order valence-corrected chi connectivity index (χ3v) is 6.90. The highest BCUT2D eigenvalue weighted by atomic mass is 35.6. The molecule has 0 aliphatic carbocycles. The Balaban J connectivity index is 3.10. The lowest BCUT2D eigenvalue weighted by atomic mass is 9.84. The van der Waals surface area contributed by atoms with Gasteiger partial charge in [-0.25, -0.2) is 0 Å². The normalized spacial score (nSPS) is 26.7. The molecule has 0 aromatic carbocycles. The fourth-order valence-corrected chi connectivity index (χ4v) is 3.21. The van der Waals surface area contributed by atoms with Crippen molar-refractivity contribution in [3.63, 3.8) is 0 Å². The van der Waals surface area contributed by atoms with Crippen molar-refractivity contribution in [3.8, 4) is 0 Å². The van der Waals surface area contributed by atoms with Crippen LogP contribution in [0.2, 0.25) is 0 Å². The quantitative estimate of drug-likeness (QED) is 0.588. The molecule has 1 rings (SSSR count). The van der Waals surface area contributed by atoms with E-state index in [1.54, 1.807) is 27.7 Å². The van der Waals surface area contributed by atoms with Crippen LogP contribution < -0.4 is 0 Å². The number of likely N-dealkylation sites (tertiary alicyclic amines) is 1. The molecule has 2 amide bonds. The summed E-state index contributed by atoms with van der Waals surface area (Å²) >= 11 is 35.1. The van der Waals surface area contributed by atoms with Gasteiger partial charge in [0.15, 0.2) is 7.59 Å². The van der Waals surface area contributed by atoms with Crippen molar-refractivity contribution in [2.75, 3.05) is 0 Å². The van der Waals surface area contributed by atoms with Crippen molar-refractivity contribution in [1.29, 1.82) is 0 Å². The van der Waals surface area contributed by atoms with Gasteiger partial charge in [0, 0.05) is 18.3 Å². The van der Waals surface area contributed by atoms with Gasteiger partial charge < -0.3 is 5.11 Å². The van der Waals surface area contributed by atoms with E-state index in [0.29, 0.717) is 0 Å². The van der Waals surface area contributed by atoms with Gasteiger partial charge in [0.1, 0.15) is 0 Å². The molecule has 1 heterocycles. The molecule has 1 aliphatic heterocycles. The van der Waals surface area contributed by atoms with Crippen LogP contribution in [0.1, 0.15) is 40.5 Å². The summed E-state index contributed by atoms with van der Waals surface area (Å²) in [7, 11) is 0. The number of alkyl halides is 6. The lowest BCUT2D eigenvalue weighted by Crippen LogP contribution is -2.44. The fourth-order valence-electron chi connectivity index (χ4n) is 2.71. The number of nitrogens with zero attached hydrogens (tertiary/aromatic N) is 1. The lowest BCUT2D eigenvalue weighted by molar-refractivity contribution is -0.147. The first-order valence-electron chi connectivity index (χ1n) is 7.69. The van der Waals surface area contributed by atoms with E-state index in [9.17, 15) is 14.7 Å². The maximum absolute atomic E-state index is 12.7. The zero-order valence-electron chi connectivity index (χ0n) is 14.2. The molecular weight excluding hydrogens is 455 g/mol. The van der Waals surface area contributed by atoms with Crippen molar-refractivity contribution in [2.24, 2.45) is 17.3 Å². The predicted molar refractivity (Wildman–Crippen MR) is 104 cm³/mol. The van der Waals surface area contributed by atoms with E-state index in [4.69, 9.17) is 69.6 Å². The molecule has 1 aliphatic rings. The minimum absolute atomic E-state index is 0.140. The van der Waals surface area contributed by atoms with Crippen LogP contribution in [0.4, 0.5) is 0 Å². The summed E-state index contributed by atoms with van der Waals surface area (Å²) in [6.07, 6.45) is -1.12. The molecule has 4 atom stereocenters. The van der Waals surface area contributed by atoms with Gasteiger partial charge >= 0.3 is 0 Å². The number of amides is 2. The summed E-state index contributed by atoms with van der Waals surface area (Å²) in [5, 5.41) is 10.6. The van der Waals surface area contributed by atoms with Crippen molar-refractivity contribution in [1.82, 2.24) is 4.90 Å². The Hall–Kier alpha value is 0.840. The number of hydrogen-bond donors (Lipinski definition) is 1. The number of rotatable bonds is 4. The van der Waals surface area contributed by atoms with E-state index in [0.717, 1.165) is 4.90 Å². The SMILES string of the molecule is C[C@H](CC(=O)N1C(=O)C(C)(C)[C@H](O)[C@@H]1C[C@H](C)C(Cl)(Cl)Cl)C(Cl)(Cl)Cl. The van der Waals surface area contributed by atoms with E-state index < -0.39 is 48.8 Å². The standard InChI is InChI=1S/C15H21Cl6NO3/c1-7(14(16,17)18)5-9-11(24)13(3,4)12(25)22(9)10(23)6-8(2)15(19,20)21/h7-9,11,24H,5-6H2,1-4H3/t7-,8+,9-,11+/m0/s1. The zero-order chi connectivity index (χ0) is 20.0. The third kappa shape index (κ3) is 5.43. The maximum atomic E-state index is 12.7. The largest absolute Gasteiger partial charge is 0.390 e. The zero-order valence-corrected chi connectivity index (χ0v) is 18.7. The number of imide groups is 1. The molecule has 10 heteroatoms. The summed E-state index contributed by atoms with van der Waals surface area (Å²) < 4.78 is -3.23. The topological polar surface area (TPSA) is 57.6 Å². The van der Waals surface area contributed by atoms with Crippen molar-refractivity contribution < 1.29 is 14.7 Å². The Kier molecular flexibility index (Phi) is 7.70. The van der Waals surface area contributed by atoms with Gasteiger partial charge in [-0.05, 0) is 20.3 Å². The van der Waals surface area contributed by atoms with Gasteiger partial charge in [-0.3, -0.25) is 14.5 Å². The van der Waals surface area contributed by atoms with E-state index in [2.05, 4.69) is 0 Å². The van der Waals surface area contributed by atoms with Crippen LogP contribution in [0.15, 0.2) is 0 Å². The number of carbonyl (C=O) groups is 2. The number of aliphatic hydroxyl groups excluding tert-OH is 1. The average Bonchev–Trinajstić information content (AvgIpc) is 2.58. The van der Waals surface area contributed by atoms with Crippen LogP contribution in [0.3, 0.4) is 0 Å². The summed E-state index contributed by atoms with van der Waals surface area (Å²) in [6, 6.07) is -0.816. The first kappa shape index (κ1) is 23.9. The number of hydrogen-bond acceptors (Lipinski definition) is 3. The van der Waals surface area contributed by atoms with Gasteiger partial charge in [0.25, 0.3) is 0 Å². The van der Waals surface area contributed by atoms with Crippen LogP contribution in [0, 0.1) is 17.3 Å². The fraction of sp³-hybridized carbons (Fsp3) is 0.867. The minimum atomic E-state index is -1.65. The molecule has 25 heavy (non-hydrogen) atoms. The molecule has 4 nitrogen and oxygen atoms in total. The molecule has 0 aromatic heterocycles. The van der Waals surface area contributed by atoms with Gasteiger partial charge in [0.2, 0.25) is 11.8 Å². The highest BCUT2D eigenvalue weighted by molar-refractivity contribution is 6.68. The average molecular weight is 476 g/mol. The van der Waals surface area contributed by atoms with Crippen LogP contribution in [-0.4, -0.2) is 41.6 Å². The summed E-state index contributed by atoms with van der Waals surface area (Å²) in [4.78, 5) is 26.4. The van der Waals surface area contributed by atoms with E-state index >= 15 is 0 Å². The van der Waals surface area contributed by atoms with Crippen LogP contribution in [0.25, 0.3) is 0 Å². The molecule has 1 fully saturated rings.